The van der Waals surface area contributed by atoms with Crippen molar-refractivity contribution in [3.05, 3.63) is 33.8 Å². The fraction of sp³-hybridized carbons (Fsp3) is 0.533. The number of ether oxygens (including phenoxy) is 1. The largest absolute Gasteiger partial charge is 0.383 e. The van der Waals surface area contributed by atoms with Crippen LogP contribution >= 0.6 is 27.7 Å². The number of aryl methyl sites for hydroxylation is 1. The number of methoxy groups -OCH3 is 1. The lowest BCUT2D eigenvalue weighted by Crippen LogP contribution is -2.42. The van der Waals surface area contributed by atoms with Crippen molar-refractivity contribution < 1.29 is 9.53 Å². The second kappa shape index (κ2) is 7.48. The van der Waals surface area contributed by atoms with Gasteiger partial charge in [0.05, 0.1) is 6.61 Å². The van der Waals surface area contributed by atoms with E-state index in [2.05, 4.69) is 15.9 Å². The van der Waals surface area contributed by atoms with E-state index in [0.717, 1.165) is 33.5 Å². The first-order valence-electron chi connectivity index (χ1n) is 6.77. The van der Waals surface area contributed by atoms with E-state index in [0.29, 0.717) is 19.2 Å². The summed E-state index contributed by atoms with van der Waals surface area (Å²) in [6, 6.07) is 6.13. The molecule has 1 aliphatic heterocycles. The highest BCUT2D eigenvalue weighted by Crippen LogP contribution is 2.25. The molecular formula is C15H20BrNO2S. The summed E-state index contributed by atoms with van der Waals surface area (Å²) in [6.07, 6.45) is 1.08. The Morgan fingerprint density at radius 2 is 2.35 bits per heavy atom. The molecule has 2 rings (SSSR count). The van der Waals surface area contributed by atoms with Crippen molar-refractivity contribution in [3.63, 3.8) is 0 Å². The van der Waals surface area contributed by atoms with Gasteiger partial charge in [0, 0.05) is 35.5 Å². The number of hydrogen-bond donors (Lipinski definition) is 0. The van der Waals surface area contributed by atoms with Gasteiger partial charge in [-0.25, -0.2) is 0 Å². The van der Waals surface area contributed by atoms with Crippen LogP contribution in [0.5, 0.6) is 0 Å². The molecule has 1 aromatic carbocycles. The number of carbonyl (C=O) groups excluding carboxylic acids is 1. The zero-order valence-corrected chi connectivity index (χ0v) is 14.3. The molecular weight excluding hydrogens is 338 g/mol. The molecule has 0 radical (unpaired) electrons. The normalized spacial score (nSPS) is 18.2. The Morgan fingerprint density at radius 1 is 1.55 bits per heavy atom. The Labute approximate surface area is 133 Å². The average Bonchev–Trinajstić information content (AvgIpc) is 2.96. The summed E-state index contributed by atoms with van der Waals surface area (Å²) in [5, 5.41) is 0. The lowest BCUT2D eigenvalue weighted by molar-refractivity contribution is 0.0624. The maximum absolute atomic E-state index is 12.7. The third-order valence-corrected chi connectivity index (χ3v) is 5.58. The molecule has 1 unspecified atom stereocenters. The maximum Gasteiger partial charge on any atom is 0.254 e. The second-order valence-electron chi connectivity index (χ2n) is 4.97. The molecule has 0 N–H and O–H groups in total. The molecule has 0 saturated carbocycles. The molecule has 1 fully saturated rings. The number of carbonyl (C=O) groups is 1. The van der Waals surface area contributed by atoms with Crippen LogP contribution in [0.2, 0.25) is 0 Å². The number of rotatable bonds is 5. The molecule has 1 aromatic rings. The number of hydrogen-bond acceptors (Lipinski definition) is 3. The fourth-order valence-electron chi connectivity index (χ4n) is 2.35. The lowest BCUT2D eigenvalue weighted by atomic mass is 10.1. The van der Waals surface area contributed by atoms with Gasteiger partial charge < -0.3 is 9.64 Å². The number of nitrogens with zero attached hydrogens (tertiary/aromatic N) is 1. The van der Waals surface area contributed by atoms with Crippen LogP contribution < -0.4 is 0 Å². The quantitative estimate of drug-likeness (QED) is 0.809. The molecule has 0 aliphatic carbocycles. The number of amides is 1. The molecule has 5 heteroatoms. The Hall–Kier alpha value is -0.520. The highest BCUT2D eigenvalue weighted by Gasteiger charge is 2.27. The van der Waals surface area contributed by atoms with Gasteiger partial charge >= 0.3 is 0 Å². The predicted octanol–water partition coefficient (Wildman–Crippen LogP) is 3.35. The van der Waals surface area contributed by atoms with Gasteiger partial charge in [-0.2, -0.15) is 11.8 Å². The Morgan fingerprint density at radius 3 is 2.95 bits per heavy atom. The van der Waals surface area contributed by atoms with E-state index in [9.17, 15) is 4.79 Å². The first kappa shape index (κ1) is 15.9. The van der Waals surface area contributed by atoms with Crippen molar-refractivity contribution in [1.82, 2.24) is 4.90 Å². The summed E-state index contributed by atoms with van der Waals surface area (Å²) in [6.45, 7) is 3.25. The van der Waals surface area contributed by atoms with Crippen LogP contribution in [-0.2, 0) is 4.74 Å². The van der Waals surface area contributed by atoms with Gasteiger partial charge in [0.15, 0.2) is 0 Å². The molecule has 110 valence electrons. The molecule has 0 aromatic heterocycles. The summed E-state index contributed by atoms with van der Waals surface area (Å²) in [4.78, 5) is 14.7. The Balaban J connectivity index is 2.17. The zero-order valence-electron chi connectivity index (χ0n) is 11.9. The molecule has 1 amide bonds. The molecule has 0 bridgehead atoms. The van der Waals surface area contributed by atoms with Crippen LogP contribution in [0.25, 0.3) is 0 Å². The van der Waals surface area contributed by atoms with Crippen molar-refractivity contribution in [1.29, 1.82) is 0 Å². The summed E-state index contributed by atoms with van der Waals surface area (Å²) >= 11 is 5.40. The summed E-state index contributed by atoms with van der Waals surface area (Å²) in [7, 11) is 1.68. The number of halogens is 1. The first-order chi connectivity index (χ1) is 9.63. The average molecular weight is 358 g/mol. The van der Waals surface area contributed by atoms with E-state index in [1.54, 1.807) is 7.11 Å². The maximum atomic E-state index is 12.7. The van der Waals surface area contributed by atoms with Crippen LogP contribution in [-0.4, -0.2) is 48.6 Å². The van der Waals surface area contributed by atoms with Crippen LogP contribution in [0.1, 0.15) is 22.3 Å². The van der Waals surface area contributed by atoms with Gasteiger partial charge in [-0.05, 0) is 42.9 Å². The second-order valence-corrected chi connectivity index (χ2v) is 6.98. The smallest absolute Gasteiger partial charge is 0.254 e. The van der Waals surface area contributed by atoms with Gasteiger partial charge in [-0.1, -0.05) is 15.9 Å². The minimum Gasteiger partial charge on any atom is -0.383 e. The van der Waals surface area contributed by atoms with E-state index in [1.807, 2.05) is 41.8 Å². The van der Waals surface area contributed by atoms with Crippen LogP contribution in [0.15, 0.2) is 22.7 Å². The van der Waals surface area contributed by atoms with Crippen molar-refractivity contribution >= 4 is 33.6 Å². The Bertz CT molecular complexity index is 475. The first-order valence-corrected chi connectivity index (χ1v) is 8.72. The number of benzene rings is 1. The zero-order chi connectivity index (χ0) is 14.5. The SMILES string of the molecule is COCCN(C(=O)c1ccc(Br)c(C)c1)C1CCSC1. The highest BCUT2D eigenvalue weighted by atomic mass is 79.9. The Kier molecular flexibility index (Phi) is 5.93. The van der Waals surface area contributed by atoms with Crippen molar-refractivity contribution in [2.45, 2.75) is 19.4 Å². The lowest BCUT2D eigenvalue weighted by Gasteiger charge is -2.28. The summed E-state index contributed by atoms with van der Waals surface area (Å²) < 4.78 is 6.19. The van der Waals surface area contributed by atoms with E-state index in [1.165, 1.54) is 0 Å². The molecule has 20 heavy (non-hydrogen) atoms. The van der Waals surface area contributed by atoms with Crippen molar-refractivity contribution in [2.75, 3.05) is 31.8 Å². The van der Waals surface area contributed by atoms with E-state index < -0.39 is 0 Å². The van der Waals surface area contributed by atoms with Gasteiger partial charge in [0.1, 0.15) is 0 Å². The summed E-state index contributed by atoms with van der Waals surface area (Å²) in [5.74, 6) is 2.29. The van der Waals surface area contributed by atoms with Crippen LogP contribution in [0.3, 0.4) is 0 Å². The monoisotopic (exact) mass is 357 g/mol. The molecule has 1 heterocycles. The van der Waals surface area contributed by atoms with E-state index in [4.69, 9.17) is 4.74 Å². The van der Waals surface area contributed by atoms with Crippen LogP contribution in [0, 0.1) is 6.92 Å². The minimum atomic E-state index is 0.116. The molecule has 0 spiro atoms. The minimum absolute atomic E-state index is 0.116. The van der Waals surface area contributed by atoms with Crippen molar-refractivity contribution in [3.8, 4) is 0 Å². The topological polar surface area (TPSA) is 29.5 Å². The molecule has 3 nitrogen and oxygen atoms in total. The van der Waals surface area contributed by atoms with Crippen LogP contribution in [0.4, 0.5) is 0 Å². The van der Waals surface area contributed by atoms with Gasteiger partial charge in [0.2, 0.25) is 0 Å². The van der Waals surface area contributed by atoms with E-state index >= 15 is 0 Å². The van der Waals surface area contributed by atoms with Gasteiger partial charge in [-0.3, -0.25) is 4.79 Å². The predicted molar refractivity (Wildman–Crippen MR) is 87.5 cm³/mol. The molecule has 1 aliphatic rings. The van der Waals surface area contributed by atoms with E-state index in [-0.39, 0.29) is 5.91 Å². The van der Waals surface area contributed by atoms with Crippen molar-refractivity contribution in [2.24, 2.45) is 0 Å². The fourth-order valence-corrected chi connectivity index (χ4v) is 3.82. The third-order valence-electron chi connectivity index (χ3n) is 3.55. The van der Waals surface area contributed by atoms with Gasteiger partial charge in [0.25, 0.3) is 5.91 Å². The molecule has 1 atom stereocenters. The molecule has 1 saturated heterocycles. The standard InChI is InChI=1S/C15H20BrNO2S/c1-11-9-12(3-4-14(11)16)15(18)17(6-7-19-2)13-5-8-20-10-13/h3-4,9,13H,5-8,10H2,1-2H3. The highest BCUT2D eigenvalue weighted by molar-refractivity contribution is 9.10. The number of thioether (sulfide) groups is 1. The van der Waals surface area contributed by atoms with Gasteiger partial charge in [-0.15, -0.1) is 0 Å². The third kappa shape index (κ3) is 3.77. The summed E-state index contributed by atoms with van der Waals surface area (Å²) in [5.41, 5.74) is 1.85.